The standard InChI is InChI=1S/C21H25N3O6S/c1-23(16-9-3-2-4-10-16)31(28,29)20-14-8-5-11-17(20)22-21(25)15-30-19-13-7-6-12-18(19)24(26)27/h5-8,11-14,16H,2-4,9-10,15H2,1H3,(H,22,25). The average Bonchev–Trinajstić information content (AvgIpc) is 2.78. The van der Waals surface area contributed by atoms with Crippen molar-refractivity contribution in [2.24, 2.45) is 0 Å². The van der Waals surface area contributed by atoms with Gasteiger partial charge in [0.05, 0.1) is 10.6 Å². The molecule has 0 spiro atoms. The lowest BCUT2D eigenvalue weighted by molar-refractivity contribution is -0.385. The maximum absolute atomic E-state index is 13.2. The SMILES string of the molecule is CN(C1CCCCC1)S(=O)(=O)c1ccccc1NC(=O)COc1ccccc1[N+](=O)[O-]. The number of hydrogen-bond acceptors (Lipinski definition) is 6. The lowest BCUT2D eigenvalue weighted by Gasteiger charge is -2.30. The minimum atomic E-state index is -3.81. The Balaban J connectivity index is 1.73. The normalized spacial score (nSPS) is 14.9. The molecule has 0 aliphatic heterocycles. The van der Waals surface area contributed by atoms with Crippen LogP contribution < -0.4 is 10.1 Å². The minimum Gasteiger partial charge on any atom is -0.477 e. The van der Waals surface area contributed by atoms with Gasteiger partial charge in [0, 0.05) is 19.2 Å². The summed E-state index contributed by atoms with van der Waals surface area (Å²) in [6, 6.07) is 11.8. The van der Waals surface area contributed by atoms with E-state index in [-0.39, 0.29) is 28.1 Å². The van der Waals surface area contributed by atoms with Gasteiger partial charge in [-0.3, -0.25) is 14.9 Å². The van der Waals surface area contributed by atoms with Crippen LogP contribution in [0.5, 0.6) is 5.75 Å². The first kappa shape index (κ1) is 22.7. The van der Waals surface area contributed by atoms with Crippen molar-refractivity contribution in [3.05, 3.63) is 58.6 Å². The number of sulfonamides is 1. The van der Waals surface area contributed by atoms with E-state index in [1.54, 1.807) is 25.2 Å². The number of benzene rings is 2. The van der Waals surface area contributed by atoms with E-state index < -0.39 is 27.5 Å². The second kappa shape index (κ2) is 9.88. The molecule has 2 aromatic rings. The molecule has 3 rings (SSSR count). The van der Waals surface area contributed by atoms with Crippen molar-refractivity contribution in [3.63, 3.8) is 0 Å². The molecule has 1 amide bonds. The maximum atomic E-state index is 13.2. The fourth-order valence-corrected chi connectivity index (χ4v) is 5.21. The highest BCUT2D eigenvalue weighted by molar-refractivity contribution is 7.89. The first-order valence-corrected chi connectivity index (χ1v) is 11.5. The Morgan fingerprint density at radius 2 is 1.77 bits per heavy atom. The molecule has 0 radical (unpaired) electrons. The topological polar surface area (TPSA) is 119 Å². The second-order valence-corrected chi connectivity index (χ2v) is 9.34. The van der Waals surface area contributed by atoms with Crippen molar-refractivity contribution < 1.29 is 22.9 Å². The highest BCUT2D eigenvalue weighted by Crippen LogP contribution is 2.30. The molecule has 0 unspecified atom stereocenters. The summed E-state index contributed by atoms with van der Waals surface area (Å²) in [5.74, 6) is -0.665. The first-order valence-electron chi connectivity index (χ1n) is 10.0. The van der Waals surface area contributed by atoms with Crippen LogP contribution in [0.1, 0.15) is 32.1 Å². The van der Waals surface area contributed by atoms with Gasteiger partial charge in [0.1, 0.15) is 4.90 Å². The van der Waals surface area contributed by atoms with Crippen LogP contribution in [-0.2, 0) is 14.8 Å². The van der Waals surface area contributed by atoms with Gasteiger partial charge in [-0.1, -0.05) is 43.5 Å². The molecule has 1 aliphatic carbocycles. The Kier molecular flexibility index (Phi) is 7.24. The van der Waals surface area contributed by atoms with E-state index >= 15 is 0 Å². The van der Waals surface area contributed by atoms with Gasteiger partial charge in [0.2, 0.25) is 10.0 Å². The molecule has 1 fully saturated rings. The van der Waals surface area contributed by atoms with Gasteiger partial charge >= 0.3 is 5.69 Å². The summed E-state index contributed by atoms with van der Waals surface area (Å²) in [6.07, 6.45) is 4.72. The summed E-state index contributed by atoms with van der Waals surface area (Å²) in [4.78, 5) is 22.9. The Morgan fingerprint density at radius 3 is 2.48 bits per heavy atom. The molecule has 0 saturated heterocycles. The molecule has 10 heteroatoms. The summed E-state index contributed by atoms with van der Waals surface area (Å²) < 4.78 is 33.1. The second-order valence-electron chi connectivity index (χ2n) is 7.37. The number of nitrogens with zero attached hydrogens (tertiary/aromatic N) is 2. The van der Waals surface area contributed by atoms with E-state index in [9.17, 15) is 23.3 Å². The fourth-order valence-electron chi connectivity index (χ4n) is 3.65. The number of ether oxygens (including phenoxy) is 1. The lowest BCUT2D eigenvalue weighted by atomic mass is 9.96. The van der Waals surface area contributed by atoms with E-state index in [0.29, 0.717) is 0 Å². The number of para-hydroxylation sites is 3. The van der Waals surface area contributed by atoms with Crippen molar-refractivity contribution in [1.29, 1.82) is 0 Å². The molecule has 0 heterocycles. The molecule has 0 atom stereocenters. The van der Waals surface area contributed by atoms with Crippen LogP contribution in [0.15, 0.2) is 53.4 Å². The zero-order chi connectivity index (χ0) is 22.4. The third-order valence-electron chi connectivity index (χ3n) is 5.33. The predicted molar refractivity (Wildman–Crippen MR) is 115 cm³/mol. The van der Waals surface area contributed by atoms with Crippen LogP contribution in [0.25, 0.3) is 0 Å². The number of hydrogen-bond donors (Lipinski definition) is 1. The van der Waals surface area contributed by atoms with E-state index in [1.807, 2.05) is 0 Å². The summed E-state index contributed by atoms with van der Waals surface area (Å²) >= 11 is 0. The van der Waals surface area contributed by atoms with Crippen LogP contribution in [0, 0.1) is 10.1 Å². The molecule has 9 nitrogen and oxygen atoms in total. The third kappa shape index (κ3) is 5.39. The van der Waals surface area contributed by atoms with Gasteiger partial charge in [-0.25, -0.2) is 8.42 Å². The number of nitro groups is 1. The Morgan fingerprint density at radius 1 is 1.13 bits per heavy atom. The fraction of sp³-hybridized carbons (Fsp3) is 0.381. The van der Waals surface area contributed by atoms with Gasteiger partial charge in [0.15, 0.2) is 12.4 Å². The number of rotatable bonds is 8. The smallest absolute Gasteiger partial charge is 0.310 e. The Labute approximate surface area is 181 Å². The molecule has 1 saturated carbocycles. The number of anilines is 1. The summed E-state index contributed by atoms with van der Waals surface area (Å²) in [6.45, 7) is -0.502. The largest absolute Gasteiger partial charge is 0.477 e. The summed E-state index contributed by atoms with van der Waals surface area (Å²) in [5, 5.41) is 13.6. The van der Waals surface area contributed by atoms with E-state index in [4.69, 9.17) is 4.74 Å². The molecular weight excluding hydrogens is 422 g/mol. The van der Waals surface area contributed by atoms with Crippen molar-refractivity contribution in [1.82, 2.24) is 4.31 Å². The van der Waals surface area contributed by atoms with Gasteiger partial charge in [0.25, 0.3) is 5.91 Å². The van der Waals surface area contributed by atoms with Crippen molar-refractivity contribution in [2.75, 3.05) is 19.0 Å². The molecule has 166 valence electrons. The molecule has 0 aromatic heterocycles. The number of nitro benzene ring substituents is 1. The maximum Gasteiger partial charge on any atom is 0.310 e. The van der Waals surface area contributed by atoms with Gasteiger partial charge in [-0.15, -0.1) is 0 Å². The van der Waals surface area contributed by atoms with Crippen LogP contribution >= 0.6 is 0 Å². The Hall–Kier alpha value is -2.98. The zero-order valence-corrected chi connectivity index (χ0v) is 18.0. The zero-order valence-electron chi connectivity index (χ0n) is 17.2. The van der Waals surface area contributed by atoms with Crippen molar-refractivity contribution in [3.8, 4) is 5.75 Å². The van der Waals surface area contributed by atoms with Gasteiger partial charge in [-0.2, -0.15) is 4.31 Å². The van der Waals surface area contributed by atoms with Crippen LogP contribution in [0.4, 0.5) is 11.4 Å². The van der Waals surface area contributed by atoms with E-state index in [1.165, 1.54) is 34.6 Å². The molecule has 1 aliphatic rings. The monoisotopic (exact) mass is 447 g/mol. The van der Waals surface area contributed by atoms with E-state index in [2.05, 4.69) is 5.32 Å². The highest BCUT2D eigenvalue weighted by Gasteiger charge is 2.31. The number of carbonyl (C=O) groups is 1. The predicted octanol–water partition coefficient (Wildman–Crippen LogP) is 3.57. The van der Waals surface area contributed by atoms with Crippen molar-refractivity contribution in [2.45, 2.75) is 43.0 Å². The average molecular weight is 448 g/mol. The number of nitrogens with one attached hydrogen (secondary N) is 1. The minimum absolute atomic E-state index is 0.00196. The molecule has 31 heavy (non-hydrogen) atoms. The highest BCUT2D eigenvalue weighted by atomic mass is 32.2. The van der Waals surface area contributed by atoms with Gasteiger partial charge in [-0.05, 0) is 31.0 Å². The van der Waals surface area contributed by atoms with Crippen LogP contribution in [0.3, 0.4) is 0 Å². The number of carbonyl (C=O) groups excluding carboxylic acids is 1. The molecule has 1 N–H and O–H groups in total. The molecule has 0 bridgehead atoms. The summed E-state index contributed by atoms with van der Waals surface area (Å²) in [5.41, 5.74) is -0.117. The summed E-state index contributed by atoms with van der Waals surface area (Å²) in [7, 11) is -2.24. The first-order chi connectivity index (χ1) is 14.8. The van der Waals surface area contributed by atoms with E-state index in [0.717, 1.165) is 32.1 Å². The van der Waals surface area contributed by atoms with Crippen LogP contribution in [-0.4, -0.2) is 43.2 Å². The van der Waals surface area contributed by atoms with Crippen molar-refractivity contribution >= 4 is 27.3 Å². The van der Waals surface area contributed by atoms with Gasteiger partial charge < -0.3 is 10.1 Å². The molecular formula is C21H25N3O6S. The molecule has 2 aromatic carbocycles. The Bertz CT molecular complexity index is 1050. The third-order valence-corrected chi connectivity index (χ3v) is 7.30. The quantitative estimate of drug-likeness (QED) is 0.488. The van der Waals surface area contributed by atoms with Crippen LogP contribution in [0.2, 0.25) is 0 Å². The number of amides is 1. The lowest BCUT2D eigenvalue weighted by Crippen LogP contribution is -2.38.